The Morgan fingerprint density at radius 1 is 1.26 bits per heavy atom. The maximum atomic E-state index is 13.7. The number of hydrogen-bond donors (Lipinski definition) is 2. The van der Waals surface area contributed by atoms with Gasteiger partial charge < -0.3 is 4.90 Å². The van der Waals surface area contributed by atoms with E-state index in [1.165, 1.54) is 16.7 Å². The molecule has 3 rings (SSSR count). The Labute approximate surface area is 140 Å². The molecule has 0 aliphatic carbocycles. The number of aromatic nitrogens is 2. The second-order valence-corrected chi connectivity index (χ2v) is 5.87. The van der Waals surface area contributed by atoms with Crippen LogP contribution in [0.1, 0.15) is 0 Å². The Morgan fingerprint density at radius 2 is 2.04 bits per heavy atom. The molecule has 0 bridgehead atoms. The lowest BCUT2D eigenvalue weighted by Crippen LogP contribution is -2.26. The number of hydrogen-bond acceptors (Lipinski definition) is 4. The molecule has 7 heteroatoms. The second kappa shape index (κ2) is 5.92. The summed E-state index contributed by atoms with van der Waals surface area (Å²) in [5.41, 5.74) is 1.32. The van der Waals surface area contributed by atoms with Gasteiger partial charge in [-0.3, -0.25) is 15.4 Å². The van der Waals surface area contributed by atoms with Crippen molar-refractivity contribution in [2.75, 3.05) is 11.9 Å². The van der Waals surface area contributed by atoms with Crippen molar-refractivity contribution in [2.45, 2.75) is 0 Å². The molecule has 1 heterocycles. The SMILES string of the molecule is CN(c1cccc(Br)c1)c1nc(=N)n(C=N)c2ccc(F)cc12. The largest absolute Gasteiger partial charge is 0.329 e. The first-order valence-electron chi connectivity index (χ1n) is 6.77. The third kappa shape index (κ3) is 2.75. The van der Waals surface area contributed by atoms with Crippen molar-refractivity contribution in [3.8, 4) is 0 Å². The van der Waals surface area contributed by atoms with Crippen LogP contribution in [-0.4, -0.2) is 22.9 Å². The lowest BCUT2D eigenvalue weighted by atomic mass is 10.2. The predicted molar refractivity (Wildman–Crippen MR) is 91.9 cm³/mol. The van der Waals surface area contributed by atoms with Gasteiger partial charge in [-0.05, 0) is 36.4 Å². The zero-order valence-electron chi connectivity index (χ0n) is 12.2. The normalized spacial score (nSPS) is 10.7. The molecular formula is C16H13BrFN5. The average molecular weight is 374 g/mol. The molecule has 0 amide bonds. The maximum Gasteiger partial charge on any atom is 0.229 e. The summed E-state index contributed by atoms with van der Waals surface area (Å²) < 4.78 is 15.9. The molecule has 116 valence electrons. The highest BCUT2D eigenvalue weighted by Crippen LogP contribution is 2.29. The van der Waals surface area contributed by atoms with Gasteiger partial charge in [-0.2, -0.15) is 4.98 Å². The van der Waals surface area contributed by atoms with Gasteiger partial charge in [0, 0.05) is 22.6 Å². The van der Waals surface area contributed by atoms with Crippen LogP contribution in [0.3, 0.4) is 0 Å². The summed E-state index contributed by atoms with van der Waals surface area (Å²) in [6.07, 6.45) is 0.998. The third-order valence-corrected chi connectivity index (χ3v) is 4.03. The number of nitrogens with zero attached hydrogens (tertiary/aromatic N) is 3. The van der Waals surface area contributed by atoms with Crippen molar-refractivity contribution in [1.29, 1.82) is 10.8 Å². The van der Waals surface area contributed by atoms with Gasteiger partial charge >= 0.3 is 0 Å². The summed E-state index contributed by atoms with van der Waals surface area (Å²) in [5, 5.41) is 16.0. The summed E-state index contributed by atoms with van der Waals surface area (Å²) >= 11 is 3.42. The van der Waals surface area contributed by atoms with Crippen LogP contribution < -0.4 is 10.5 Å². The highest BCUT2D eigenvalue weighted by Gasteiger charge is 2.14. The van der Waals surface area contributed by atoms with Gasteiger partial charge in [0.15, 0.2) is 0 Å². The third-order valence-electron chi connectivity index (χ3n) is 3.54. The van der Waals surface area contributed by atoms with Crippen LogP contribution in [0.4, 0.5) is 15.9 Å². The Balaban J connectivity index is 2.31. The number of anilines is 2. The molecule has 0 fully saturated rings. The molecule has 0 aliphatic rings. The van der Waals surface area contributed by atoms with Crippen LogP contribution in [0.25, 0.3) is 10.9 Å². The van der Waals surface area contributed by atoms with Crippen molar-refractivity contribution < 1.29 is 4.39 Å². The minimum atomic E-state index is -0.391. The molecule has 1 aromatic heterocycles. The fourth-order valence-corrected chi connectivity index (χ4v) is 2.81. The first-order chi connectivity index (χ1) is 11.0. The molecule has 0 unspecified atom stereocenters. The topological polar surface area (TPSA) is 68.8 Å². The molecular weight excluding hydrogens is 361 g/mol. The van der Waals surface area contributed by atoms with Gasteiger partial charge in [0.05, 0.1) is 11.9 Å². The number of fused-ring (bicyclic) bond motifs is 1. The lowest BCUT2D eigenvalue weighted by Gasteiger charge is -2.21. The molecule has 0 radical (unpaired) electrons. The Bertz CT molecular complexity index is 966. The molecule has 0 atom stereocenters. The van der Waals surface area contributed by atoms with Crippen molar-refractivity contribution in [3.05, 3.63) is 58.4 Å². The molecule has 0 saturated carbocycles. The van der Waals surface area contributed by atoms with E-state index < -0.39 is 5.82 Å². The van der Waals surface area contributed by atoms with E-state index in [1.54, 1.807) is 11.0 Å². The highest BCUT2D eigenvalue weighted by molar-refractivity contribution is 9.10. The van der Waals surface area contributed by atoms with E-state index in [0.717, 1.165) is 16.5 Å². The summed E-state index contributed by atoms with van der Waals surface area (Å²) in [7, 11) is 1.81. The van der Waals surface area contributed by atoms with Gasteiger partial charge in [-0.25, -0.2) is 4.39 Å². The zero-order valence-corrected chi connectivity index (χ0v) is 13.8. The Kier molecular flexibility index (Phi) is 3.96. The van der Waals surface area contributed by atoms with Crippen LogP contribution in [-0.2, 0) is 0 Å². The van der Waals surface area contributed by atoms with E-state index >= 15 is 0 Å². The summed E-state index contributed by atoms with van der Waals surface area (Å²) in [6.45, 7) is 0. The zero-order chi connectivity index (χ0) is 16.6. The first-order valence-corrected chi connectivity index (χ1v) is 7.57. The van der Waals surface area contributed by atoms with Gasteiger partial charge in [-0.15, -0.1) is 0 Å². The predicted octanol–water partition coefficient (Wildman–Crippen LogP) is 3.64. The van der Waals surface area contributed by atoms with E-state index in [-0.39, 0.29) is 5.62 Å². The number of nitrogens with one attached hydrogen (secondary N) is 2. The molecule has 2 N–H and O–H groups in total. The Hall–Kier alpha value is -2.54. The molecule has 3 aromatic rings. The van der Waals surface area contributed by atoms with E-state index in [1.807, 2.05) is 31.3 Å². The molecule has 0 aliphatic heterocycles. The molecule has 23 heavy (non-hydrogen) atoms. The van der Waals surface area contributed by atoms with E-state index in [0.29, 0.717) is 16.7 Å². The Morgan fingerprint density at radius 3 is 2.74 bits per heavy atom. The average Bonchev–Trinajstić information content (AvgIpc) is 2.54. The lowest BCUT2D eigenvalue weighted by molar-refractivity contribution is 0.629. The molecule has 0 saturated heterocycles. The van der Waals surface area contributed by atoms with Crippen LogP contribution in [0, 0.1) is 16.6 Å². The van der Waals surface area contributed by atoms with Crippen LogP contribution in [0.15, 0.2) is 46.9 Å². The van der Waals surface area contributed by atoms with Crippen molar-refractivity contribution in [1.82, 2.24) is 9.55 Å². The minimum Gasteiger partial charge on any atom is -0.329 e. The number of halogens is 2. The van der Waals surface area contributed by atoms with E-state index in [4.69, 9.17) is 10.8 Å². The summed E-state index contributed by atoms with van der Waals surface area (Å²) in [6, 6.07) is 11.8. The van der Waals surface area contributed by atoms with Gasteiger partial charge in [0.2, 0.25) is 5.62 Å². The smallest absolute Gasteiger partial charge is 0.229 e. The van der Waals surface area contributed by atoms with Crippen molar-refractivity contribution in [3.63, 3.8) is 0 Å². The van der Waals surface area contributed by atoms with Crippen LogP contribution in [0.2, 0.25) is 0 Å². The fourth-order valence-electron chi connectivity index (χ4n) is 2.42. The van der Waals surface area contributed by atoms with Crippen LogP contribution >= 0.6 is 15.9 Å². The standard InChI is InChI=1S/C16H13BrFN5/c1-22(12-4-2-3-10(17)7-12)15-13-8-11(18)5-6-14(13)23(9-19)16(20)21-15/h2-9,19-20H,1H3. The van der Waals surface area contributed by atoms with Crippen molar-refractivity contribution >= 4 is 44.7 Å². The van der Waals surface area contributed by atoms with Crippen molar-refractivity contribution in [2.24, 2.45) is 0 Å². The number of benzene rings is 2. The van der Waals surface area contributed by atoms with Crippen LogP contribution in [0.5, 0.6) is 0 Å². The first kappa shape index (κ1) is 15.4. The highest BCUT2D eigenvalue weighted by atomic mass is 79.9. The second-order valence-electron chi connectivity index (χ2n) is 4.96. The quantitative estimate of drug-likeness (QED) is 0.543. The molecule has 5 nitrogen and oxygen atoms in total. The van der Waals surface area contributed by atoms with Gasteiger partial charge in [0.1, 0.15) is 11.6 Å². The minimum absolute atomic E-state index is 0.0871. The molecule has 2 aromatic carbocycles. The summed E-state index contributed by atoms with van der Waals surface area (Å²) in [5.74, 6) is 0.0677. The van der Waals surface area contributed by atoms with E-state index in [2.05, 4.69) is 20.9 Å². The maximum absolute atomic E-state index is 13.7. The van der Waals surface area contributed by atoms with Gasteiger partial charge in [0.25, 0.3) is 0 Å². The fraction of sp³-hybridized carbons (Fsp3) is 0.0625. The number of rotatable bonds is 3. The summed E-state index contributed by atoms with van der Waals surface area (Å²) in [4.78, 5) is 6.03. The van der Waals surface area contributed by atoms with Gasteiger partial charge in [-0.1, -0.05) is 22.0 Å². The molecule has 0 spiro atoms. The monoisotopic (exact) mass is 373 g/mol. The van der Waals surface area contributed by atoms with E-state index in [9.17, 15) is 4.39 Å².